The summed E-state index contributed by atoms with van der Waals surface area (Å²) >= 11 is 3.35. The van der Waals surface area contributed by atoms with Gasteiger partial charge in [0.2, 0.25) is 0 Å². The molecule has 96 valence electrons. The highest BCUT2D eigenvalue weighted by Gasteiger charge is 2.35. The largest absolute Gasteiger partial charge is 0.476 e. The van der Waals surface area contributed by atoms with E-state index in [1.165, 1.54) is 0 Å². The SMILES string of the molecule is O=C1Nc2ncc(Br)cc2OC1C1CCCNC1. The van der Waals surface area contributed by atoms with Crippen LogP contribution in [0.3, 0.4) is 0 Å². The predicted molar refractivity (Wildman–Crippen MR) is 70.6 cm³/mol. The molecule has 1 aromatic heterocycles. The number of fused-ring (bicyclic) bond motifs is 1. The first-order valence-electron chi connectivity index (χ1n) is 6.08. The van der Waals surface area contributed by atoms with Gasteiger partial charge in [0.05, 0.1) is 0 Å². The van der Waals surface area contributed by atoms with Crippen molar-refractivity contribution >= 4 is 27.7 Å². The molecule has 1 amide bonds. The second-order valence-electron chi connectivity index (χ2n) is 4.63. The van der Waals surface area contributed by atoms with E-state index in [4.69, 9.17) is 4.74 Å². The van der Waals surface area contributed by atoms with Crippen LogP contribution >= 0.6 is 15.9 Å². The van der Waals surface area contributed by atoms with E-state index in [0.29, 0.717) is 11.6 Å². The molecule has 2 atom stereocenters. The third-order valence-electron chi connectivity index (χ3n) is 3.34. The van der Waals surface area contributed by atoms with Gasteiger partial charge in [-0.1, -0.05) is 0 Å². The number of ether oxygens (including phenoxy) is 1. The Bertz CT molecular complexity index is 474. The van der Waals surface area contributed by atoms with Crippen molar-refractivity contribution in [2.24, 2.45) is 5.92 Å². The normalized spacial score (nSPS) is 27.1. The van der Waals surface area contributed by atoms with Crippen LogP contribution in [0.4, 0.5) is 5.82 Å². The minimum atomic E-state index is -0.415. The summed E-state index contributed by atoms with van der Waals surface area (Å²) in [5.74, 6) is 1.28. The summed E-state index contributed by atoms with van der Waals surface area (Å²) in [6.45, 7) is 1.85. The number of rotatable bonds is 1. The lowest BCUT2D eigenvalue weighted by atomic mass is 9.92. The summed E-state index contributed by atoms with van der Waals surface area (Å²) in [4.78, 5) is 16.2. The van der Waals surface area contributed by atoms with Gasteiger partial charge in [0.1, 0.15) is 0 Å². The lowest BCUT2D eigenvalue weighted by Gasteiger charge is -2.33. The summed E-state index contributed by atoms with van der Waals surface area (Å²) in [5.41, 5.74) is 0. The molecular weight excluding hydrogens is 298 g/mol. The smallest absolute Gasteiger partial charge is 0.267 e. The summed E-state index contributed by atoms with van der Waals surface area (Å²) < 4.78 is 6.67. The first kappa shape index (κ1) is 11.9. The van der Waals surface area contributed by atoms with Gasteiger partial charge in [0.15, 0.2) is 17.7 Å². The molecule has 1 saturated heterocycles. The van der Waals surface area contributed by atoms with Gasteiger partial charge >= 0.3 is 0 Å². The Hall–Kier alpha value is -1.14. The zero-order chi connectivity index (χ0) is 12.5. The second-order valence-corrected chi connectivity index (χ2v) is 5.55. The minimum absolute atomic E-state index is 0.0916. The molecule has 0 saturated carbocycles. The molecule has 2 aliphatic heterocycles. The van der Waals surface area contributed by atoms with Gasteiger partial charge in [-0.3, -0.25) is 4.79 Å². The van der Waals surface area contributed by atoms with Crippen LogP contribution in [-0.2, 0) is 4.79 Å². The Labute approximate surface area is 113 Å². The molecule has 1 fully saturated rings. The number of anilines is 1. The number of hydrogen-bond acceptors (Lipinski definition) is 4. The molecule has 6 heteroatoms. The highest BCUT2D eigenvalue weighted by Crippen LogP contribution is 2.32. The zero-order valence-electron chi connectivity index (χ0n) is 9.78. The Morgan fingerprint density at radius 1 is 1.50 bits per heavy atom. The van der Waals surface area contributed by atoms with Crippen LogP contribution < -0.4 is 15.4 Å². The second kappa shape index (κ2) is 4.85. The van der Waals surface area contributed by atoms with Crippen LogP contribution in [0.25, 0.3) is 0 Å². The average molecular weight is 312 g/mol. The van der Waals surface area contributed by atoms with Gasteiger partial charge in [-0.15, -0.1) is 0 Å². The molecule has 0 radical (unpaired) electrons. The number of carbonyl (C=O) groups is 1. The number of aromatic nitrogens is 1. The summed E-state index contributed by atoms with van der Waals surface area (Å²) in [7, 11) is 0. The Balaban J connectivity index is 1.83. The molecule has 0 spiro atoms. The third-order valence-corrected chi connectivity index (χ3v) is 3.77. The van der Waals surface area contributed by atoms with Gasteiger partial charge < -0.3 is 15.4 Å². The third kappa shape index (κ3) is 2.22. The fourth-order valence-corrected chi connectivity index (χ4v) is 2.74. The van der Waals surface area contributed by atoms with E-state index in [0.717, 1.165) is 30.4 Å². The van der Waals surface area contributed by atoms with Crippen molar-refractivity contribution in [3.05, 3.63) is 16.7 Å². The first-order chi connectivity index (χ1) is 8.74. The van der Waals surface area contributed by atoms with Gasteiger partial charge in [-0.25, -0.2) is 4.98 Å². The Kier molecular flexibility index (Phi) is 3.22. The number of amides is 1. The quantitative estimate of drug-likeness (QED) is 0.826. The maximum Gasteiger partial charge on any atom is 0.267 e. The molecule has 2 aliphatic rings. The number of piperidine rings is 1. The lowest BCUT2D eigenvalue weighted by Crippen LogP contribution is -2.48. The van der Waals surface area contributed by atoms with Gasteiger partial charge in [0, 0.05) is 23.1 Å². The van der Waals surface area contributed by atoms with E-state index in [-0.39, 0.29) is 11.8 Å². The van der Waals surface area contributed by atoms with Gasteiger partial charge in [0.25, 0.3) is 5.91 Å². The molecule has 0 bridgehead atoms. The number of halogens is 1. The van der Waals surface area contributed by atoms with Crippen LogP contribution in [0, 0.1) is 5.92 Å². The molecule has 3 rings (SSSR count). The molecule has 5 nitrogen and oxygen atoms in total. The molecule has 2 N–H and O–H groups in total. The standard InChI is InChI=1S/C12H14BrN3O2/c13-8-4-9-11(15-6-8)16-12(17)10(18-9)7-2-1-3-14-5-7/h4,6-7,10,14H,1-3,5H2,(H,15,16,17). The fraction of sp³-hybridized carbons (Fsp3) is 0.500. The zero-order valence-corrected chi connectivity index (χ0v) is 11.4. The van der Waals surface area contributed by atoms with Gasteiger partial charge in [-0.2, -0.15) is 0 Å². The van der Waals surface area contributed by atoms with Gasteiger partial charge in [-0.05, 0) is 41.4 Å². The number of carbonyl (C=O) groups excluding carboxylic acids is 1. The van der Waals surface area contributed by atoms with E-state index >= 15 is 0 Å². The van der Waals surface area contributed by atoms with Crippen molar-refractivity contribution in [2.75, 3.05) is 18.4 Å². The van der Waals surface area contributed by atoms with Crippen molar-refractivity contribution in [3.63, 3.8) is 0 Å². The molecular formula is C12H14BrN3O2. The number of nitrogens with one attached hydrogen (secondary N) is 2. The summed E-state index contributed by atoms with van der Waals surface area (Å²) in [6, 6.07) is 1.84. The predicted octanol–water partition coefficient (Wildman–Crippen LogP) is 1.54. The van der Waals surface area contributed by atoms with Crippen LogP contribution in [0.2, 0.25) is 0 Å². The van der Waals surface area contributed by atoms with E-state index in [9.17, 15) is 4.79 Å². The highest BCUT2D eigenvalue weighted by atomic mass is 79.9. The van der Waals surface area contributed by atoms with Crippen LogP contribution in [0.15, 0.2) is 16.7 Å². The topological polar surface area (TPSA) is 63.2 Å². The maximum absolute atomic E-state index is 12.0. The van der Waals surface area contributed by atoms with Crippen molar-refractivity contribution in [2.45, 2.75) is 18.9 Å². The van der Waals surface area contributed by atoms with Crippen molar-refractivity contribution < 1.29 is 9.53 Å². The average Bonchev–Trinajstić information content (AvgIpc) is 2.39. The lowest BCUT2D eigenvalue weighted by molar-refractivity contribution is -0.126. The van der Waals surface area contributed by atoms with Crippen LogP contribution in [-0.4, -0.2) is 30.1 Å². The minimum Gasteiger partial charge on any atom is -0.476 e. The van der Waals surface area contributed by atoms with Crippen LogP contribution in [0.1, 0.15) is 12.8 Å². The number of nitrogens with zero attached hydrogens (tertiary/aromatic N) is 1. The molecule has 2 unspecified atom stereocenters. The van der Waals surface area contributed by atoms with Crippen molar-refractivity contribution in [3.8, 4) is 5.75 Å². The van der Waals surface area contributed by atoms with Crippen molar-refractivity contribution in [1.82, 2.24) is 10.3 Å². The fourth-order valence-electron chi connectivity index (χ4n) is 2.43. The summed E-state index contributed by atoms with van der Waals surface area (Å²) in [5, 5.41) is 6.11. The Morgan fingerprint density at radius 3 is 3.17 bits per heavy atom. The van der Waals surface area contributed by atoms with E-state index in [1.807, 2.05) is 6.07 Å². The number of hydrogen-bond donors (Lipinski definition) is 2. The van der Waals surface area contributed by atoms with Crippen LogP contribution in [0.5, 0.6) is 5.75 Å². The Morgan fingerprint density at radius 2 is 2.39 bits per heavy atom. The molecule has 3 heterocycles. The van der Waals surface area contributed by atoms with E-state index in [1.54, 1.807) is 6.20 Å². The first-order valence-corrected chi connectivity index (χ1v) is 6.87. The number of pyridine rings is 1. The van der Waals surface area contributed by atoms with E-state index in [2.05, 4.69) is 31.5 Å². The summed E-state index contributed by atoms with van der Waals surface area (Å²) in [6.07, 6.45) is 3.33. The van der Waals surface area contributed by atoms with E-state index < -0.39 is 6.10 Å². The molecule has 18 heavy (non-hydrogen) atoms. The van der Waals surface area contributed by atoms with Crippen molar-refractivity contribution in [1.29, 1.82) is 0 Å². The molecule has 1 aromatic rings. The molecule has 0 aromatic carbocycles. The monoisotopic (exact) mass is 311 g/mol. The maximum atomic E-state index is 12.0. The molecule has 0 aliphatic carbocycles. The highest BCUT2D eigenvalue weighted by molar-refractivity contribution is 9.10.